The van der Waals surface area contributed by atoms with E-state index in [0.717, 1.165) is 10.5 Å². The number of hydrogen-bond donors (Lipinski definition) is 0. The molecule has 31 heavy (non-hydrogen) atoms. The highest BCUT2D eigenvalue weighted by atomic mass is 35.5. The molecule has 0 N–H and O–H groups in total. The highest BCUT2D eigenvalue weighted by molar-refractivity contribution is 8.03. The summed E-state index contributed by atoms with van der Waals surface area (Å²) in [5.74, 6) is -0.609. The summed E-state index contributed by atoms with van der Waals surface area (Å²) in [6, 6.07) is 10.8. The third-order valence-corrected chi connectivity index (χ3v) is 7.43. The molecule has 2 aliphatic rings. The molecule has 0 aliphatic carbocycles. The van der Waals surface area contributed by atoms with E-state index in [1.165, 1.54) is 33.7 Å². The Morgan fingerprint density at radius 2 is 1.84 bits per heavy atom. The van der Waals surface area contributed by atoms with Crippen LogP contribution in [0, 0.1) is 11.7 Å². The van der Waals surface area contributed by atoms with Crippen molar-refractivity contribution in [1.82, 2.24) is 4.90 Å². The molecule has 162 valence electrons. The second-order valence-corrected chi connectivity index (χ2v) is 9.17. The van der Waals surface area contributed by atoms with E-state index >= 15 is 0 Å². The van der Waals surface area contributed by atoms with Crippen LogP contribution in [0.4, 0.5) is 14.9 Å². The summed E-state index contributed by atoms with van der Waals surface area (Å²) in [4.78, 5) is 30.7. The Labute approximate surface area is 189 Å². The minimum Gasteiger partial charge on any atom is -0.494 e. The van der Waals surface area contributed by atoms with Gasteiger partial charge in [-0.2, -0.15) is 0 Å². The van der Waals surface area contributed by atoms with Crippen LogP contribution in [0.25, 0.3) is 0 Å². The lowest BCUT2D eigenvalue weighted by molar-refractivity contribution is -0.122. The molecule has 0 spiro atoms. The minimum atomic E-state index is -0.500. The predicted octanol–water partition coefficient (Wildman–Crippen LogP) is 5.83. The molecule has 0 radical (unpaired) electrons. The van der Waals surface area contributed by atoms with Crippen molar-refractivity contribution in [2.45, 2.75) is 32.7 Å². The van der Waals surface area contributed by atoms with E-state index in [1.54, 1.807) is 30.3 Å². The molecule has 4 rings (SSSR count). The lowest BCUT2D eigenvalue weighted by atomic mass is 9.95. The number of carbonyl (C=O) groups excluding carboxylic acids is 2. The van der Waals surface area contributed by atoms with Gasteiger partial charge in [-0.05, 0) is 67.6 Å². The molecule has 2 aromatic rings. The molecule has 0 bridgehead atoms. The van der Waals surface area contributed by atoms with Crippen molar-refractivity contribution in [3.8, 4) is 5.75 Å². The fraction of sp³-hybridized carbons (Fsp3) is 0.304. The number of anilines is 1. The summed E-state index contributed by atoms with van der Waals surface area (Å²) >= 11 is 7.70. The van der Waals surface area contributed by atoms with Gasteiger partial charge in [-0.25, -0.2) is 14.1 Å². The van der Waals surface area contributed by atoms with Gasteiger partial charge in [0.25, 0.3) is 0 Å². The van der Waals surface area contributed by atoms with Crippen LogP contribution in [0.3, 0.4) is 0 Å². The topological polar surface area (TPSA) is 49.9 Å². The van der Waals surface area contributed by atoms with Gasteiger partial charge in [0.2, 0.25) is 5.91 Å². The van der Waals surface area contributed by atoms with Crippen LogP contribution in [0.1, 0.15) is 26.3 Å². The Kier molecular flexibility index (Phi) is 5.99. The maximum atomic E-state index is 14.5. The molecule has 2 aromatic carbocycles. The van der Waals surface area contributed by atoms with Crippen molar-refractivity contribution in [2.24, 2.45) is 5.92 Å². The third-order valence-electron chi connectivity index (χ3n) is 5.63. The van der Waals surface area contributed by atoms with Gasteiger partial charge in [-0.3, -0.25) is 4.79 Å². The molecule has 2 atom stereocenters. The van der Waals surface area contributed by atoms with Gasteiger partial charge in [-0.15, -0.1) is 11.8 Å². The molecule has 0 saturated carbocycles. The van der Waals surface area contributed by atoms with Crippen LogP contribution in [0.2, 0.25) is 5.02 Å². The lowest BCUT2D eigenvalue weighted by Gasteiger charge is -2.42. The number of halogens is 2. The Balaban J connectivity index is 1.74. The molecule has 2 unspecified atom stereocenters. The van der Waals surface area contributed by atoms with Crippen molar-refractivity contribution in [3.63, 3.8) is 0 Å². The Morgan fingerprint density at radius 1 is 1.13 bits per heavy atom. The number of benzene rings is 2. The largest absolute Gasteiger partial charge is 0.494 e. The van der Waals surface area contributed by atoms with E-state index in [-0.39, 0.29) is 23.0 Å². The summed E-state index contributed by atoms with van der Waals surface area (Å²) in [7, 11) is 0. The number of nitrogens with zero attached hydrogens (tertiary/aromatic N) is 2. The number of fused-ring (bicyclic) bond motifs is 1. The fourth-order valence-electron chi connectivity index (χ4n) is 3.90. The van der Waals surface area contributed by atoms with E-state index in [9.17, 15) is 14.0 Å². The molecular formula is C23H22ClFN2O3S. The molecular weight excluding hydrogens is 439 g/mol. The summed E-state index contributed by atoms with van der Waals surface area (Å²) < 4.78 is 20.0. The first-order chi connectivity index (χ1) is 14.8. The summed E-state index contributed by atoms with van der Waals surface area (Å²) in [5.41, 5.74) is 1.61. The lowest BCUT2D eigenvalue weighted by Crippen LogP contribution is -2.60. The van der Waals surface area contributed by atoms with Crippen LogP contribution >= 0.6 is 23.4 Å². The Hall–Kier alpha value is -2.51. The second-order valence-electron chi connectivity index (χ2n) is 7.44. The normalized spacial score (nSPS) is 21.1. The minimum absolute atomic E-state index is 0.0279. The highest BCUT2D eigenvalue weighted by Crippen LogP contribution is 2.48. The van der Waals surface area contributed by atoms with Gasteiger partial charge < -0.3 is 9.64 Å². The maximum Gasteiger partial charge on any atom is 0.332 e. The van der Waals surface area contributed by atoms with Crippen LogP contribution in [-0.2, 0) is 11.3 Å². The van der Waals surface area contributed by atoms with E-state index in [1.807, 2.05) is 20.8 Å². The van der Waals surface area contributed by atoms with Gasteiger partial charge in [0.1, 0.15) is 11.6 Å². The number of hydrogen-bond acceptors (Lipinski definition) is 4. The average molecular weight is 461 g/mol. The SMILES string of the molecule is CCOc1ccc(N2C(=O)C3C(C)=C(C)SC3N(Cc3c(F)cccc3Cl)C2=O)cc1. The van der Waals surface area contributed by atoms with E-state index in [4.69, 9.17) is 16.3 Å². The third kappa shape index (κ3) is 3.81. The Bertz CT molecular complexity index is 1050. The zero-order valence-corrected chi connectivity index (χ0v) is 19.0. The number of rotatable bonds is 5. The van der Waals surface area contributed by atoms with Gasteiger partial charge in [0, 0.05) is 10.6 Å². The number of imide groups is 1. The fourth-order valence-corrected chi connectivity index (χ4v) is 5.55. The predicted molar refractivity (Wildman–Crippen MR) is 121 cm³/mol. The first kappa shape index (κ1) is 21.7. The highest BCUT2D eigenvalue weighted by Gasteiger charge is 2.51. The number of thioether (sulfide) groups is 1. The molecule has 0 aromatic heterocycles. The summed E-state index contributed by atoms with van der Waals surface area (Å²) in [6.07, 6.45) is 0. The second kappa shape index (κ2) is 8.55. The Morgan fingerprint density at radius 3 is 2.48 bits per heavy atom. The number of urea groups is 1. The van der Waals surface area contributed by atoms with Crippen molar-refractivity contribution in [3.05, 3.63) is 69.3 Å². The van der Waals surface area contributed by atoms with Gasteiger partial charge in [0.05, 0.1) is 30.1 Å². The number of allylic oxidation sites excluding steroid dienone is 1. The average Bonchev–Trinajstić information content (AvgIpc) is 3.03. The molecule has 2 aliphatic heterocycles. The molecule has 1 saturated heterocycles. The zero-order chi connectivity index (χ0) is 22.3. The van der Waals surface area contributed by atoms with Crippen molar-refractivity contribution >= 4 is 41.0 Å². The van der Waals surface area contributed by atoms with Crippen LogP contribution < -0.4 is 9.64 Å². The maximum absolute atomic E-state index is 14.5. The smallest absolute Gasteiger partial charge is 0.332 e. The van der Waals surface area contributed by atoms with Gasteiger partial charge in [0.15, 0.2) is 0 Å². The number of carbonyl (C=O) groups is 2. The zero-order valence-electron chi connectivity index (χ0n) is 17.4. The molecule has 3 amide bonds. The summed E-state index contributed by atoms with van der Waals surface area (Å²) in [6.45, 7) is 6.21. The van der Waals surface area contributed by atoms with Crippen molar-refractivity contribution in [1.29, 1.82) is 0 Å². The standard InChI is InChI=1S/C23H22ClFN2O3S/c1-4-30-16-10-8-15(9-11-16)27-21(28)20-13(2)14(3)31-22(20)26(23(27)29)12-17-18(24)6-5-7-19(17)25/h5-11,20,22H,4,12H2,1-3H3. The van der Waals surface area contributed by atoms with Crippen LogP contribution in [0.5, 0.6) is 5.75 Å². The quantitative estimate of drug-likeness (QED) is 0.563. The monoisotopic (exact) mass is 460 g/mol. The number of ether oxygens (including phenoxy) is 1. The van der Waals surface area contributed by atoms with Crippen LogP contribution in [0.15, 0.2) is 52.9 Å². The first-order valence-corrected chi connectivity index (χ1v) is 11.2. The van der Waals surface area contributed by atoms with Gasteiger partial charge in [-0.1, -0.05) is 17.7 Å². The molecule has 2 heterocycles. The molecule has 1 fully saturated rings. The van der Waals surface area contributed by atoms with Gasteiger partial charge >= 0.3 is 6.03 Å². The van der Waals surface area contributed by atoms with Crippen LogP contribution in [-0.4, -0.2) is 28.8 Å². The summed E-state index contributed by atoms with van der Waals surface area (Å²) in [5, 5.41) is -0.187. The molecule has 5 nitrogen and oxygen atoms in total. The molecule has 8 heteroatoms. The van der Waals surface area contributed by atoms with E-state index < -0.39 is 23.1 Å². The van der Waals surface area contributed by atoms with Crippen molar-refractivity contribution < 1.29 is 18.7 Å². The van der Waals surface area contributed by atoms with E-state index in [0.29, 0.717) is 18.0 Å². The first-order valence-electron chi connectivity index (χ1n) is 9.97. The van der Waals surface area contributed by atoms with Crippen molar-refractivity contribution in [2.75, 3.05) is 11.5 Å². The number of amides is 3. The van der Waals surface area contributed by atoms with E-state index in [2.05, 4.69) is 0 Å².